The van der Waals surface area contributed by atoms with Crippen molar-refractivity contribution in [1.29, 1.82) is 0 Å². The SMILES string of the molecule is CCOc1ccc(Oc2ccccc2NC(=O)CCC2CCNCC2)cc1.Cl. The number of anilines is 1. The molecule has 1 saturated heterocycles. The molecule has 1 amide bonds. The second kappa shape index (κ2) is 11.6. The highest BCUT2D eigenvalue weighted by atomic mass is 35.5. The molecule has 0 unspecified atom stereocenters. The van der Waals surface area contributed by atoms with Crippen LogP contribution in [-0.2, 0) is 4.79 Å². The Bertz CT molecular complexity index is 731. The number of piperidine rings is 1. The van der Waals surface area contributed by atoms with E-state index in [9.17, 15) is 4.79 Å². The fraction of sp³-hybridized carbons (Fsp3) is 0.409. The predicted octanol–water partition coefficient (Wildman–Crippen LogP) is 5.02. The molecule has 0 saturated carbocycles. The van der Waals surface area contributed by atoms with Crippen molar-refractivity contribution in [1.82, 2.24) is 5.32 Å². The zero-order chi connectivity index (χ0) is 18.9. The van der Waals surface area contributed by atoms with Gasteiger partial charge in [-0.15, -0.1) is 12.4 Å². The molecule has 0 spiro atoms. The molecule has 0 aliphatic carbocycles. The van der Waals surface area contributed by atoms with Crippen LogP contribution in [0.4, 0.5) is 5.69 Å². The molecule has 2 N–H and O–H groups in total. The first-order valence-electron chi connectivity index (χ1n) is 9.75. The van der Waals surface area contributed by atoms with E-state index in [1.165, 1.54) is 0 Å². The van der Waals surface area contributed by atoms with Gasteiger partial charge in [0.15, 0.2) is 5.75 Å². The highest BCUT2D eigenvalue weighted by Gasteiger charge is 2.15. The summed E-state index contributed by atoms with van der Waals surface area (Å²) in [6.45, 7) is 4.71. The molecule has 0 radical (unpaired) electrons. The lowest BCUT2D eigenvalue weighted by atomic mass is 9.93. The number of para-hydroxylation sites is 2. The number of rotatable bonds is 8. The van der Waals surface area contributed by atoms with E-state index >= 15 is 0 Å². The van der Waals surface area contributed by atoms with Crippen molar-refractivity contribution in [2.24, 2.45) is 5.92 Å². The summed E-state index contributed by atoms with van der Waals surface area (Å²) >= 11 is 0. The number of carbonyl (C=O) groups is 1. The quantitative estimate of drug-likeness (QED) is 0.648. The lowest BCUT2D eigenvalue weighted by Crippen LogP contribution is -2.28. The van der Waals surface area contributed by atoms with E-state index in [2.05, 4.69) is 10.6 Å². The summed E-state index contributed by atoms with van der Waals surface area (Å²) in [7, 11) is 0. The van der Waals surface area contributed by atoms with Crippen molar-refractivity contribution in [2.45, 2.75) is 32.6 Å². The van der Waals surface area contributed by atoms with Crippen LogP contribution in [0.25, 0.3) is 0 Å². The third-order valence-corrected chi connectivity index (χ3v) is 4.76. The standard InChI is InChI=1S/C22H28N2O3.ClH/c1-2-26-18-8-10-19(11-9-18)27-21-6-4-3-5-20(21)24-22(25)12-7-17-13-15-23-16-14-17;/h3-6,8-11,17,23H,2,7,12-16H2,1H3,(H,24,25);1H. The summed E-state index contributed by atoms with van der Waals surface area (Å²) in [6, 6.07) is 15.0. The van der Waals surface area contributed by atoms with Gasteiger partial charge >= 0.3 is 0 Å². The molecule has 1 fully saturated rings. The van der Waals surface area contributed by atoms with Gasteiger partial charge in [-0.2, -0.15) is 0 Å². The fourth-order valence-electron chi connectivity index (χ4n) is 3.27. The maximum Gasteiger partial charge on any atom is 0.224 e. The average Bonchev–Trinajstić information content (AvgIpc) is 2.70. The molecule has 1 heterocycles. The molecule has 5 nitrogen and oxygen atoms in total. The number of ether oxygens (including phenoxy) is 2. The minimum Gasteiger partial charge on any atom is -0.494 e. The normalized spacial score (nSPS) is 14.0. The Balaban J connectivity index is 0.00000280. The van der Waals surface area contributed by atoms with Crippen molar-refractivity contribution >= 4 is 24.0 Å². The van der Waals surface area contributed by atoms with Gasteiger partial charge in [0.1, 0.15) is 11.5 Å². The van der Waals surface area contributed by atoms with Crippen LogP contribution in [0.2, 0.25) is 0 Å². The van der Waals surface area contributed by atoms with E-state index in [1.54, 1.807) is 0 Å². The van der Waals surface area contributed by atoms with Crippen LogP contribution >= 0.6 is 12.4 Å². The number of hydrogen-bond acceptors (Lipinski definition) is 4. The number of nitrogens with one attached hydrogen (secondary N) is 2. The fourth-order valence-corrected chi connectivity index (χ4v) is 3.27. The molecular formula is C22H29ClN2O3. The van der Waals surface area contributed by atoms with E-state index in [0.717, 1.165) is 38.1 Å². The van der Waals surface area contributed by atoms with Crippen LogP contribution in [0, 0.1) is 5.92 Å². The van der Waals surface area contributed by atoms with Crippen molar-refractivity contribution < 1.29 is 14.3 Å². The van der Waals surface area contributed by atoms with Gasteiger partial charge in [-0.3, -0.25) is 4.79 Å². The molecule has 2 aromatic carbocycles. The van der Waals surface area contributed by atoms with Gasteiger partial charge in [-0.25, -0.2) is 0 Å². The summed E-state index contributed by atoms with van der Waals surface area (Å²) in [6.07, 6.45) is 3.80. The second-order valence-corrected chi connectivity index (χ2v) is 6.78. The minimum absolute atomic E-state index is 0. The average molecular weight is 405 g/mol. The number of halogens is 1. The third kappa shape index (κ3) is 6.73. The number of hydrogen-bond donors (Lipinski definition) is 2. The predicted molar refractivity (Wildman–Crippen MR) is 115 cm³/mol. The van der Waals surface area contributed by atoms with Gasteiger partial charge in [0.2, 0.25) is 5.91 Å². The smallest absolute Gasteiger partial charge is 0.224 e. The van der Waals surface area contributed by atoms with E-state index < -0.39 is 0 Å². The Morgan fingerprint density at radius 3 is 2.46 bits per heavy atom. The van der Waals surface area contributed by atoms with Crippen LogP contribution in [0.5, 0.6) is 17.2 Å². The molecule has 6 heteroatoms. The molecule has 28 heavy (non-hydrogen) atoms. The molecule has 152 valence electrons. The highest BCUT2D eigenvalue weighted by Crippen LogP contribution is 2.30. The monoisotopic (exact) mass is 404 g/mol. The first kappa shape index (κ1) is 22.1. The molecular weight excluding hydrogens is 376 g/mol. The number of amides is 1. The van der Waals surface area contributed by atoms with Gasteiger partial charge in [-0.05, 0) is 81.6 Å². The van der Waals surface area contributed by atoms with Gasteiger partial charge in [0, 0.05) is 6.42 Å². The number of carbonyl (C=O) groups excluding carboxylic acids is 1. The Morgan fingerprint density at radius 1 is 1.07 bits per heavy atom. The largest absolute Gasteiger partial charge is 0.494 e. The topological polar surface area (TPSA) is 59.6 Å². The zero-order valence-electron chi connectivity index (χ0n) is 16.3. The van der Waals surface area contributed by atoms with Gasteiger partial charge in [0.25, 0.3) is 0 Å². The Kier molecular flexibility index (Phi) is 9.11. The van der Waals surface area contributed by atoms with E-state index in [1.807, 2.05) is 55.5 Å². The van der Waals surface area contributed by atoms with E-state index in [-0.39, 0.29) is 18.3 Å². The molecule has 0 bridgehead atoms. The summed E-state index contributed by atoms with van der Waals surface area (Å²) in [5.41, 5.74) is 0.696. The van der Waals surface area contributed by atoms with Crippen LogP contribution in [0.15, 0.2) is 48.5 Å². The Hall–Kier alpha value is -2.24. The Labute approximate surface area is 173 Å². The molecule has 1 aliphatic rings. The second-order valence-electron chi connectivity index (χ2n) is 6.78. The van der Waals surface area contributed by atoms with Crippen molar-refractivity contribution in [2.75, 3.05) is 25.0 Å². The third-order valence-electron chi connectivity index (χ3n) is 4.76. The molecule has 2 aromatic rings. The zero-order valence-corrected chi connectivity index (χ0v) is 17.1. The number of benzene rings is 2. The van der Waals surface area contributed by atoms with Crippen LogP contribution in [0.1, 0.15) is 32.6 Å². The lowest BCUT2D eigenvalue weighted by molar-refractivity contribution is -0.116. The summed E-state index contributed by atoms with van der Waals surface area (Å²) in [5, 5.41) is 6.36. The summed E-state index contributed by atoms with van der Waals surface area (Å²) in [4.78, 5) is 12.4. The van der Waals surface area contributed by atoms with Crippen LogP contribution in [0.3, 0.4) is 0 Å². The van der Waals surface area contributed by atoms with Crippen molar-refractivity contribution in [3.8, 4) is 17.2 Å². The molecule has 0 aromatic heterocycles. The molecule has 0 atom stereocenters. The van der Waals surface area contributed by atoms with Gasteiger partial charge in [0.05, 0.1) is 12.3 Å². The maximum atomic E-state index is 12.4. The minimum atomic E-state index is 0. The summed E-state index contributed by atoms with van der Waals surface area (Å²) < 4.78 is 11.4. The van der Waals surface area contributed by atoms with Crippen LogP contribution < -0.4 is 20.1 Å². The first-order valence-corrected chi connectivity index (χ1v) is 9.75. The highest BCUT2D eigenvalue weighted by molar-refractivity contribution is 5.92. The first-order chi connectivity index (χ1) is 13.2. The van der Waals surface area contributed by atoms with E-state index in [0.29, 0.717) is 36.1 Å². The Morgan fingerprint density at radius 2 is 1.75 bits per heavy atom. The van der Waals surface area contributed by atoms with Gasteiger partial charge in [-0.1, -0.05) is 12.1 Å². The molecule has 3 rings (SSSR count). The maximum absolute atomic E-state index is 12.4. The lowest BCUT2D eigenvalue weighted by Gasteiger charge is -2.22. The summed E-state index contributed by atoms with van der Waals surface area (Å²) in [5.74, 6) is 2.83. The molecule has 1 aliphatic heterocycles. The van der Waals surface area contributed by atoms with Gasteiger partial charge < -0.3 is 20.1 Å². The van der Waals surface area contributed by atoms with Crippen molar-refractivity contribution in [3.63, 3.8) is 0 Å². The van der Waals surface area contributed by atoms with Crippen LogP contribution in [-0.4, -0.2) is 25.6 Å². The van der Waals surface area contributed by atoms with Crippen molar-refractivity contribution in [3.05, 3.63) is 48.5 Å². The van der Waals surface area contributed by atoms with E-state index in [4.69, 9.17) is 9.47 Å².